The molecule has 1 aliphatic rings. The van der Waals surface area contributed by atoms with E-state index in [1.165, 1.54) is 4.88 Å². The Morgan fingerprint density at radius 1 is 1.17 bits per heavy atom. The maximum absolute atomic E-state index is 12.8. The number of likely N-dealkylation sites (N-methyl/N-ethyl adjacent to an activating group) is 1. The molecule has 0 spiro atoms. The lowest BCUT2D eigenvalue weighted by Crippen LogP contribution is -2.39. The number of guanidine groups is 1. The third-order valence-electron chi connectivity index (χ3n) is 5.17. The van der Waals surface area contributed by atoms with Gasteiger partial charge in [0.25, 0.3) is 0 Å². The smallest absolute Gasteiger partial charge is 0.243 e. The number of nitrogens with zero attached hydrogens (tertiary/aromatic N) is 3. The Morgan fingerprint density at radius 3 is 2.47 bits per heavy atom. The molecule has 2 aromatic rings. The van der Waals surface area contributed by atoms with Crippen molar-refractivity contribution in [3.05, 3.63) is 52.2 Å². The van der Waals surface area contributed by atoms with E-state index in [2.05, 4.69) is 32.7 Å². The van der Waals surface area contributed by atoms with E-state index in [-0.39, 0.29) is 24.0 Å². The number of hydrogen-bond donors (Lipinski definition) is 1. The van der Waals surface area contributed by atoms with Gasteiger partial charge >= 0.3 is 0 Å². The second-order valence-corrected chi connectivity index (χ2v) is 10.2. The number of hydrogen-bond acceptors (Lipinski definition) is 4. The van der Waals surface area contributed by atoms with Gasteiger partial charge in [0.2, 0.25) is 10.0 Å². The van der Waals surface area contributed by atoms with Gasteiger partial charge in [-0.2, -0.15) is 4.31 Å². The highest BCUT2D eigenvalue weighted by molar-refractivity contribution is 14.0. The van der Waals surface area contributed by atoms with Gasteiger partial charge in [-0.3, -0.25) is 4.99 Å². The maximum Gasteiger partial charge on any atom is 0.243 e. The van der Waals surface area contributed by atoms with E-state index < -0.39 is 10.0 Å². The molecule has 0 amide bonds. The van der Waals surface area contributed by atoms with Crippen LogP contribution in [0.3, 0.4) is 0 Å². The van der Waals surface area contributed by atoms with Gasteiger partial charge < -0.3 is 10.2 Å². The Hall–Kier alpha value is -1.17. The zero-order valence-corrected chi connectivity index (χ0v) is 21.5. The van der Waals surface area contributed by atoms with Crippen LogP contribution in [0.2, 0.25) is 0 Å². The van der Waals surface area contributed by atoms with E-state index >= 15 is 0 Å². The number of nitrogens with one attached hydrogen (secondary N) is 1. The third-order valence-corrected chi connectivity index (χ3v) is 8.02. The van der Waals surface area contributed by atoms with Crippen LogP contribution in [0.15, 0.2) is 51.7 Å². The molecule has 6 nitrogen and oxygen atoms in total. The van der Waals surface area contributed by atoms with Crippen molar-refractivity contribution in [2.24, 2.45) is 4.99 Å². The zero-order chi connectivity index (χ0) is 20.7. The summed E-state index contributed by atoms with van der Waals surface area (Å²) in [6.45, 7) is 2.73. The fourth-order valence-corrected chi connectivity index (χ4v) is 5.65. The summed E-state index contributed by atoms with van der Waals surface area (Å²) in [6, 6.07) is 11.4. The molecule has 1 N–H and O–H groups in total. The van der Waals surface area contributed by atoms with Crippen molar-refractivity contribution < 1.29 is 8.42 Å². The number of sulfonamides is 1. The first-order chi connectivity index (χ1) is 14.0. The highest BCUT2D eigenvalue weighted by Gasteiger charge is 2.25. The monoisotopic (exact) mass is 562 g/mol. The average molecular weight is 563 g/mol. The second kappa shape index (κ2) is 12.0. The Kier molecular flexibility index (Phi) is 10.1. The van der Waals surface area contributed by atoms with Crippen molar-refractivity contribution in [2.45, 2.75) is 37.1 Å². The normalized spacial score (nSPS) is 15.5. The van der Waals surface area contributed by atoms with Crippen LogP contribution >= 0.6 is 35.3 Å². The molecule has 1 saturated heterocycles. The fraction of sp³-hybridized carbons (Fsp3) is 0.476. The van der Waals surface area contributed by atoms with Crippen molar-refractivity contribution in [2.75, 3.05) is 33.7 Å². The van der Waals surface area contributed by atoms with Crippen LogP contribution in [0.1, 0.15) is 29.7 Å². The number of aliphatic imine (C=N–C) groups is 1. The predicted octanol–water partition coefficient (Wildman–Crippen LogP) is 3.79. The molecule has 0 saturated carbocycles. The summed E-state index contributed by atoms with van der Waals surface area (Å²) in [6.07, 6.45) is 3.98. The molecule has 2 heterocycles. The molecule has 1 aromatic carbocycles. The van der Waals surface area contributed by atoms with Crippen LogP contribution < -0.4 is 5.32 Å². The molecule has 0 radical (unpaired) electrons. The van der Waals surface area contributed by atoms with E-state index in [4.69, 9.17) is 0 Å². The molecule has 0 unspecified atom stereocenters. The average Bonchev–Trinajstić information content (AvgIpc) is 3.27. The fourth-order valence-electron chi connectivity index (χ4n) is 3.44. The first kappa shape index (κ1) is 25.1. The number of halogens is 1. The summed E-state index contributed by atoms with van der Waals surface area (Å²) >= 11 is 1.77. The van der Waals surface area contributed by atoms with Crippen LogP contribution in [0, 0.1) is 0 Å². The van der Waals surface area contributed by atoms with Crippen LogP contribution in [-0.4, -0.2) is 57.3 Å². The van der Waals surface area contributed by atoms with Gasteiger partial charge in [-0.15, -0.1) is 35.3 Å². The van der Waals surface area contributed by atoms with Crippen molar-refractivity contribution in [3.8, 4) is 0 Å². The lowest BCUT2D eigenvalue weighted by atomic mass is 10.2. The minimum absolute atomic E-state index is 0. The maximum atomic E-state index is 12.8. The number of benzene rings is 1. The molecule has 1 aromatic heterocycles. The van der Waals surface area contributed by atoms with Crippen LogP contribution in [0.25, 0.3) is 0 Å². The first-order valence-corrected chi connectivity index (χ1v) is 12.4. The van der Waals surface area contributed by atoms with E-state index in [1.807, 2.05) is 19.2 Å². The second-order valence-electron chi connectivity index (χ2n) is 7.26. The highest BCUT2D eigenvalue weighted by atomic mass is 127. The van der Waals surface area contributed by atoms with E-state index in [1.54, 1.807) is 34.8 Å². The molecule has 1 fully saturated rings. The van der Waals surface area contributed by atoms with E-state index in [0.29, 0.717) is 24.5 Å². The van der Waals surface area contributed by atoms with Gasteiger partial charge in [-0.25, -0.2) is 8.42 Å². The van der Waals surface area contributed by atoms with Gasteiger partial charge in [-0.1, -0.05) is 24.6 Å². The summed E-state index contributed by atoms with van der Waals surface area (Å²) < 4.78 is 27.1. The van der Waals surface area contributed by atoms with Crippen LogP contribution in [-0.2, 0) is 23.0 Å². The Morgan fingerprint density at radius 2 is 1.87 bits per heavy atom. The van der Waals surface area contributed by atoms with Gasteiger partial charge in [-0.05, 0) is 48.4 Å². The molecule has 1 aliphatic heterocycles. The molecule has 3 rings (SSSR count). The molecule has 9 heteroatoms. The quantitative estimate of drug-likeness (QED) is 0.317. The molecular formula is C21H31IN4O2S2. The largest absolute Gasteiger partial charge is 0.352 e. The SMILES string of the molecule is CN=C(NCc1ccc(S(=O)(=O)N2CCCCC2)cc1)N(C)CCc1cccs1.I. The van der Waals surface area contributed by atoms with E-state index in [0.717, 1.165) is 43.8 Å². The summed E-state index contributed by atoms with van der Waals surface area (Å²) in [5, 5.41) is 5.45. The van der Waals surface area contributed by atoms with Gasteiger partial charge in [0.05, 0.1) is 4.90 Å². The minimum atomic E-state index is -3.38. The van der Waals surface area contributed by atoms with Crippen molar-refractivity contribution in [1.29, 1.82) is 0 Å². The standard InChI is InChI=1S/C21H30N4O2S2.HI/c1-22-21(24(2)15-12-19-7-6-16-28-19)23-17-18-8-10-20(11-9-18)29(26,27)25-13-4-3-5-14-25;/h6-11,16H,3-5,12-15,17H2,1-2H3,(H,22,23);1H. The summed E-state index contributed by atoms with van der Waals surface area (Å²) in [4.78, 5) is 8.19. The van der Waals surface area contributed by atoms with Crippen molar-refractivity contribution >= 4 is 51.3 Å². The van der Waals surface area contributed by atoms with Crippen molar-refractivity contribution in [1.82, 2.24) is 14.5 Å². The van der Waals surface area contributed by atoms with Gasteiger partial charge in [0, 0.05) is 45.2 Å². The summed E-state index contributed by atoms with van der Waals surface area (Å²) in [5.74, 6) is 0.826. The predicted molar refractivity (Wildman–Crippen MR) is 135 cm³/mol. The Balaban J connectivity index is 0.00000320. The minimum Gasteiger partial charge on any atom is -0.352 e. The van der Waals surface area contributed by atoms with E-state index in [9.17, 15) is 8.42 Å². The number of thiophene rings is 1. The lowest BCUT2D eigenvalue weighted by molar-refractivity contribution is 0.346. The van der Waals surface area contributed by atoms with Gasteiger partial charge in [0.15, 0.2) is 5.96 Å². The molecule has 0 aliphatic carbocycles. The Bertz CT molecular complexity index is 894. The zero-order valence-electron chi connectivity index (χ0n) is 17.6. The molecule has 30 heavy (non-hydrogen) atoms. The third kappa shape index (κ3) is 6.66. The van der Waals surface area contributed by atoms with Crippen molar-refractivity contribution in [3.63, 3.8) is 0 Å². The summed E-state index contributed by atoms with van der Waals surface area (Å²) in [5.41, 5.74) is 1.02. The molecule has 0 atom stereocenters. The Labute approximate surface area is 201 Å². The van der Waals surface area contributed by atoms with Crippen LogP contribution in [0.5, 0.6) is 0 Å². The van der Waals surface area contributed by atoms with Crippen LogP contribution in [0.4, 0.5) is 0 Å². The molecule has 166 valence electrons. The lowest BCUT2D eigenvalue weighted by Gasteiger charge is -2.26. The summed E-state index contributed by atoms with van der Waals surface area (Å²) in [7, 11) is 0.426. The van der Waals surface area contributed by atoms with Gasteiger partial charge in [0.1, 0.15) is 0 Å². The number of piperidine rings is 1. The highest BCUT2D eigenvalue weighted by Crippen LogP contribution is 2.20. The molecular weight excluding hydrogens is 531 g/mol. The topological polar surface area (TPSA) is 65.0 Å². The first-order valence-electron chi connectivity index (χ1n) is 10.0. The molecule has 0 bridgehead atoms. The number of rotatable bonds is 7.